The zero-order valence-corrected chi connectivity index (χ0v) is 27.6. The van der Waals surface area contributed by atoms with Crippen LogP contribution in [0, 0.1) is 31.6 Å². The van der Waals surface area contributed by atoms with E-state index in [0.29, 0.717) is 12.0 Å². The molecule has 242 valence electrons. The smallest absolute Gasteiger partial charge is 0.318 e. The first kappa shape index (κ1) is 30.5. The number of esters is 2. The van der Waals surface area contributed by atoms with Crippen LogP contribution in [0.3, 0.4) is 0 Å². The second-order valence-corrected chi connectivity index (χ2v) is 13.5. The number of aromatic amines is 2. The molecule has 8 bridgehead atoms. The number of methoxy groups -OCH3 is 2. The van der Waals surface area contributed by atoms with Crippen LogP contribution in [0.4, 0.5) is 0 Å². The maximum Gasteiger partial charge on any atom is 0.318 e. The van der Waals surface area contributed by atoms with Crippen molar-refractivity contribution in [3.8, 4) is 0 Å². The summed E-state index contributed by atoms with van der Waals surface area (Å²) in [6, 6.07) is -0.473. The van der Waals surface area contributed by atoms with Gasteiger partial charge in [-0.3, -0.25) is 19.7 Å². The number of nitrogens with one attached hydrogen (secondary N) is 5. The summed E-state index contributed by atoms with van der Waals surface area (Å²) < 4.78 is 10.3. The van der Waals surface area contributed by atoms with Crippen LogP contribution in [-0.4, -0.2) is 65.2 Å². The number of piperidine rings is 1. The van der Waals surface area contributed by atoms with Crippen LogP contribution in [0.15, 0.2) is 23.4 Å². The highest BCUT2D eigenvalue weighted by Crippen LogP contribution is 2.64. The summed E-state index contributed by atoms with van der Waals surface area (Å²) in [6.07, 6.45) is 9.91. The van der Waals surface area contributed by atoms with E-state index in [1.54, 1.807) is 0 Å². The van der Waals surface area contributed by atoms with Crippen molar-refractivity contribution in [3.63, 3.8) is 0 Å². The van der Waals surface area contributed by atoms with Gasteiger partial charge in [0.1, 0.15) is 11.6 Å². The summed E-state index contributed by atoms with van der Waals surface area (Å²) in [7, 11) is 2.73. The van der Waals surface area contributed by atoms with Crippen LogP contribution in [-0.2, 0) is 30.3 Å². The van der Waals surface area contributed by atoms with E-state index in [0.717, 1.165) is 56.5 Å². The molecular weight excluding hydrogens is 582 g/mol. The molecule has 0 aromatic carbocycles. The van der Waals surface area contributed by atoms with Gasteiger partial charge in [0.15, 0.2) is 5.78 Å². The minimum atomic E-state index is -1.05. The third-order valence-electron chi connectivity index (χ3n) is 11.6. The Bertz CT molecular complexity index is 1910. The molecule has 7 atom stereocenters. The van der Waals surface area contributed by atoms with Crippen LogP contribution in [0.2, 0.25) is 0 Å². The predicted molar refractivity (Wildman–Crippen MR) is 175 cm³/mol. The lowest BCUT2D eigenvalue weighted by atomic mass is 9.74. The fourth-order valence-corrected chi connectivity index (χ4v) is 9.12. The van der Waals surface area contributed by atoms with E-state index in [9.17, 15) is 14.4 Å². The van der Waals surface area contributed by atoms with Crippen LogP contribution < -0.4 is 26.6 Å². The third-order valence-corrected chi connectivity index (χ3v) is 11.6. The third kappa shape index (κ3) is 3.86. The monoisotopic (exact) mass is 625 g/mol. The highest BCUT2D eigenvalue weighted by Gasteiger charge is 2.87. The van der Waals surface area contributed by atoms with E-state index in [1.807, 2.05) is 13.0 Å². The lowest BCUT2D eigenvalue weighted by Gasteiger charge is -2.31. The Kier molecular flexibility index (Phi) is 6.92. The van der Waals surface area contributed by atoms with E-state index in [1.165, 1.54) is 19.8 Å². The molecule has 2 aromatic heterocycles. The average Bonchev–Trinajstić information content (AvgIpc) is 3.34. The summed E-state index contributed by atoms with van der Waals surface area (Å²) in [5.41, 5.74) is 6.73. The molecule has 5 aliphatic rings. The van der Waals surface area contributed by atoms with Gasteiger partial charge >= 0.3 is 11.9 Å². The highest BCUT2D eigenvalue weighted by atomic mass is 16.5. The molecule has 1 spiro atoms. The number of aromatic nitrogens is 2. The number of hydrogen-bond donors (Lipinski definition) is 5. The van der Waals surface area contributed by atoms with Crippen LogP contribution >= 0.6 is 0 Å². The molecule has 7 rings (SSSR count). The van der Waals surface area contributed by atoms with Crippen LogP contribution in [0.1, 0.15) is 67.3 Å². The second-order valence-electron chi connectivity index (χ2n) is 13.5. The number of ketones is 1. The van der Waals surface area contributed by atoms with Gasteiger partial charge < -0.3 is 30.1 Å². The van der Waals surface area contributed by atoms with Crippen molar-refractivity contribution < 1.29 is 23.9 Å². The molecule has 3 fully saturated rings. The minimum absolute atomic E-state index is 0.0558. The van der Waals surface area contributed by atoms with E-state index < -0.39 is 23.1 Å². The van der Waals surface area contributed by atoms with Gasteiger partial charge in [-0.15, -0.1) is 0 Å². The molecule has 4 aliphatic heterocycles. The number of carbonyl (C=O) groups is 3. The van der Waals surface area contributed by atoms with Gasteiger partial charge in [-0.25, -0.2) is 0 Å². The number of ether oxygens (including phenoxy) is 2. The summed E-state index contributed by atoms with van der Waals surface area (Å²) >= 11 is 0. The van der Waals surface area contributed by atoms with E-state index >= 15 is 0 Å². The van der Waals surface area contributed by atoms with E-state index in [4.69, 9.17) is 9.47 Å². The topological polar surface area (TPSA) is 147 Å². The molecule has 2 aromatic rings. The Morgan fingerprint density at radius 3 is 2.48 bits per heavy atom. The molecule has 10 heteroatoms. The molecule has 5 N–H and O–H groups in total. The fourth-order valence-electron chi connectivity index (χ4n) is 9.12. The standard InChI is InChI=1S/C36H43N5O5/c1-9-20-16(3)23-13-25-18(5)22(11-12-29(42)45-7)33(39-25)35-31(34(44)46-8)32(43)30-19(6)26(40-36(30,35)41-35)15-28-21(10-2)17(4)24(38-28)14-27(20)37-23/h9,13-15,18,22,25,31,33,37-41H,1,10-12H2,2-8H3/b23-13-,26-15-,27-14-/t18-,22-,25?,31+,33?,35+,36+/m0/s1. The van der Waals surface area contributed by atoms with Gasteiger partial charge in [0.2, 0.25) is 0 Å². The summed E-state index contributed by atoms with van der Waals surface area (Å²) in [6.45, 7) is 14.6. The van der Waals surface area contributed by atoms with Gasteiger partial charge in [-0.2, -0.15) is 0 Å². The van der Waals surface area contributed by atoms with Gasteiger partial charge in [0.05, 0.1) is 19.8 Å². The Labute approximate surface area is 268 Å². The van der Waals surface area contributed by atoms with Crippen molar-refractivity contribution in [1.29, 1.82) is 0 Å². The van der Waals surface area contributed by atoms with Gasteiger partial charge in [0.25, 0.3) is 0 Å². The fraction of sp³-hybridized carbons (Fsp3) is 0.472. The Morgan fingerprint density at radius 1 is 1.04 bits per heavy atom. The molecule has 2 saturated heterocycles. The lowest BCUT2D eigenvalue weighted by Crippen LogP contribution is -2.55. The van der Waals surface area contributed by atoms with Crippen LogP contribution in [0.25, 0.3) is 24.3 Å². The number of hydrogen-bond acceptors (Lipinski definition) is 8. The van der Waals surface area contributed by atoms with Crippen molar-refractivity contribution in [2.45, 2.75) is 77.2 Å². The zero-order valence-electron chi connectivity index (χ0n) is 27.6. The van der Waals surface area contributed by atoms with E-state index in [2.05, 4.69) is 78.4 Å². The first-order valence-electron chi connectivity index (χ1n) is 16.2. The maximum absolute atomic E-state index is 14.3. The first-order chi connectivity index (χ1) is 22.0. The van der Waals surface area contributed by atoms with Crippen molar-refractivity contribution in [2.75, 3.05) is 14.2 Å². The van der Waals surface area contributed by atoms with Gasteiger partial charge in [0, 0.05) is 57.4 Å². The first-order valence-corrected chi connectivity index (χ1v) is 16.2. The number of fused-ring (bicyclic) bond motifs is 7. The predicted octanol–water partition coefficient (Wildman–Crippen LogP) is 2.00. The quantitative estimate of drug-likeness (QED) is 0.186. The van der Waals surface area contributed by atoms with Crippen molar-refractivity contribution in [1.82, 2.24) is 25.9 Å². The molecule has 10 nitrogen and oxygen atoms in total. The molecule has 46 heavy (non-hydrogen) atoms. The SMILES string of the molecule is C=Cc1c(C)/c2[nH]/c1=C\c1[nH]c(c(CC)c1C)/C=C1\N[C@]34N[C@@]3(C3NC(\C=2)[C@@H](C)[C@@H]3CCC(=O)OC)[C@@H](C(=O)OC)C(=O)C4=C1C. The number of H-pyrrole nitrogens is 2. The normalized spacial score (nSPS) is 34.5. The number of rotatable bonds is 6. The highest BCUT2D eigenvalue weighted by molar-refractivity contribution is 6.18. The van der Waals surface area contributed by atoms with Crippen LogP contribution in [0.5, 0.6) is 0 Å². The average molecular weight is 626 g/mol. The summed E-state index contributed by atoms with van der Waals surface area (Å²) in [5.74, 6) is -2.14. The number of Topliss-reactive ketones (excluding diaryl/α,β-unsaturated/α-hetero) is 1. The Balaban J connectivity index is 1.51. The molecular formula is C36H43N5O5. The Hall–Kier alpha value is -4.15. The van der Waals surface area contributed by atoms with Crippen molar-refractivity contribution in [3.05, 3.63) is 67.8 Å². The summed E-state index contributed by atoms with van der Waals surface area (Å²) in [4.78, 5) is 47.6. The van der Waals surface area contributed by atoms with Gasteiger partial charge in [-0.05, 0) is 85.9 Å². The summed E-state index contributed by atoms with van der Waals surface area (Å²) in [5, 5.41) is 13.2. The molecule has 1 saturated carbocycles. The lowest BCUT2D eigenvalue weighted by molar-refractivity contribution is -0.150. The zero-order chi connectivity index (χ0) is 32.9. The molecule has 1 aliphatic carbocycles. The Morgan fingerprint density at radius 2 is 1.80 bits per heavy atom. The second kappa shape index (κ2) is 10.4. The molecule has 0 amide bonds. The minimum Gasteiger partial charge on any atom is -0.469 e. The van der Waals surface area contributed by atoms with E-state index in [-0.39, 0.29) is 42.1 Å². The van der Waals surface area contributed by atoms with Crippen molar-refractivity contribution in [2.24, 2.45) is 17.8 Å². The van der Waals surface area contributed by atoms with Gasteiger partial charge in [-0.1, -0.05) is 26.5 Å². The molecule has 2 unspecified atom stereocenters. The number of carbonyl (C=O) groups excluding carboxylic acids is 3. The molecule has 6 heterocycles. The molecule has 0 radical (unpaired) electrons. The maximum atomic E-state index is 14.3. The van der Waals surface area contributed by atoms with Crippen molar-refractivity contribution >= 4 is 42.0 Å². The largest absolute Gasteiger partial charge is 0.469 e. The number of allylic oxidation sites excluding steroid dienone is 1.